The van der Waals surface area contributed by atoms with Gasteiger partial charge in [-0.1, -0.05) is 35.0 Å². The minimum absolute atomic E-state index is 0.363. The largest absolute Gasteiger partial charge is 0.493 e. The molecule has 0 atom stereocenters. The van der Waals surface area contributed by atoms with Crippen molar-refractivity contribution in [3.63, 3.8) is 0 Å². The number of hydrogen-bond acceptors (Lipinski definition) is 6. The van der Waals surface area contributed by atoms with Crippen molar-refractivity contribution in [1.82, 2.24) is 14.9 Å². The van der Waals surface area contributed by atoms with Gasteiger partial charge in [-0.2, -0.15) is 0 Å². The number of nitrogens with one attached hydrogen (secondary N) is 1. The number of rotatable bonds is 10. The normalized spacial score (nSPS) is 14.1. The highest BCUT2D eigenvalue weighted by atomic mass is 79.9. The predicted octanol–water partition coefficient (Wildman–Crippen LogP) is 5.58. The molecule has 0 amide bonds. The van der Waals surface area contributed by atoms with Crippen LogP contribution >= 0.6 is 15.9 Å². The maximum atomic E-state index is 14.5. The first kappa shape index (κ1) is 23.2. The van der Waals surface area contributed by atoms with Crippen LogP contribution in [0.3, 0.4) is 0 Å². The van der Waals surface area contributed by atoms with Crippen LogP contribution in [0.5, 0.6) is 11.5 Å². The first-order valence-electron chi connectivity index (χ1n) is 10.4. The fourth-order valence-electron chi connectivity index (χ4n) is 3.14. The molecule has 1 aliphatic carbocycles. The minimum Gasteiger partial charge on any atom is -0.493 e. The Morgan fingerprint density at radius 2 is 2.03 bits per heavy atom. The van der Waals surface area contributed by atoms with Crippen molar-refractivity contribution in [2.24, 2.45) is 0 Å². The number of allylic oxidation sites excluding steroid dienone is 5. The van der Waals surface area contributed by atoms with Gasteiger partial charge >= 0.3 is 0 Å². The molecule has 2 aromatic rings. The van der Waals surface area contributed by atoms with Gasteiger partial charge in [-0.05, 0) is 51.5 Å². The Kier molecular flexibility index (Phi) is 8.43. The quantitative estimate of drug-likeness (QED) is 0.438. The molecule has 1 aromatic carbocycles. The molecule has 0 fully saturated rings. The van der Waals surface area contributed by atoms with Crippen LogP contribution in [-0.2, 0) is 0 Å². The van der Waals surface area contributed by atoms with Crippen LogP contribution in [0.25, 0.3) is 10.9 Å². The number of methoxy groups -OCH3 is 1. The van der Waals surface area contributed by atoms with E-state index in [1.54, 1.807) is 13.2 Å². The van der Waals surface area contributed by atoms with Gasteiger partial charge in [0.15, 0.2) is 11.5 Å². The number of hydrogen-bond donors (Lipinski definition) is 1. The third-order valence-corrected chi connectivity index (χ3v) is 5.61. The summed E-state index contributed by atoms with van der Waals surface area (Å²) in [5.41, 5.74) is 1.05. The van der Waals surface area contributed by atoms with Gasteiger partial charge in [-0.3, -0.25) is 0 Å². The van der Waals surface area contributed by atoms with Crippen molar-refractivity contribution in [3.8, 4) is 11.5 Å². The average Bonchev–Trinajstić information content (AvgIpc) is 2.92. The summed E-state index contributed by atoms with van der Waals surface area (Å²) in [6, 6.07) is 3.66. The molecule has 1 aliphatic rings. The molecular formula is C23H28BrFN4O2. The molecule has 166 valence electrons. The van der Waals surface area contributed by atoms with E-state index in [0.29, 0.717) is 46.0 Å². The third kappa shape index (κ3) is 6.27. The molecule has 1 N–H and O–H groups in total. The summed E-state index contributed by atoms with van der Waals surface area (Å²) in [5.74, 6) is 1.36. The van der Waals surface area contributed by atoms with E-state index >= 15 is 0 Å². The van der Waals surface area contributed by atoms with Gasteiger partial charge in [0, 0.05) is 15.9 Å². The van der Waals surface area contributed by atoms with Crippen LogP contribution in [0.2, 0.25) is 0 Å². The molecular weight excluding hydrogens is 463 g/mol. The van der Waals surface area contributed by atoms with Crippen molar-refractivity contribution in [3.05, 3.63) is 52.7 Å². The second-order valence-electron chi connectivity index (χ2n) is 7.25. The van der Waals surface area contributed by atoms with Crippen LogP contribution < -0.4 is 14.8 Å². The fourth-order valence-corrected chi connectivity index (χ4v) is 3.53. The lowest BCUT2D eigenvalue weighted by atomic mass is 10.2. The zero-order valence-corrected chi connectivity index (χ0v) is 19.7. The van der Waals surface area contributed by atoms with E-state index in [1.165, 1.54) is 12.4 Å². The topological polar surface area (TPSA) is 59.5 Å². The maximum Gasteiger partial charge on any atom is 0.163 e. The summed E-state index contributed by atoms with van der Waals surface area (Å²) in [4.78, 5) is 11.0. The highest BCUT2D eigenvalue weighted by Crippen LogP contribution is 2.35. The second-order valence-corrected chi connectivity index (χ2v) is 8.17. The van der Waals surface area contributed by atoms with Gasteiger partial charge < -0.3 is 19.7 Å². The van der Waals surface area contributed by atoms with Gasteiger partial charge in [-0.25, -0.2) is 14.4 Å². The van der Waals surface area contributed by atoms with Crippen LogP contribution in [0.1, 0.15) is 26.2 Å². The van der Waals surface area contributed by atoms with Crippen molar-refractivity contribution < 1.29 is 13.9 Å². The number of fused-ring (bicyclic) bond motifs is 1. The molecule has 31 heavy (non-hydrogen) atoms. The van der Waals surface area contributed by atoms with Gasteiger partial charge in [-0.15, -0.1) is 0 Å². The van der Waals surface area contributed by atoms with Crippen LogP contribution in [0.15, 0.2) is 52.7 Å². The Bertz CT molecular complexity index is 1010. The Morgan fingerprint density at radius 3 is 2.81 bits per heavy atom. The zero-order valence-electron chi connectivity index (χ0n) is 18.1. The lowest BCUT2D eigenvalue weighted by Crippen LogP contribution is -2.19. The van der Waals surface area contributed by atoms with E-state index in [9.17, 15) is 4.39 Å². The maximum absolute atomic E-state index is 14.5. The van der Waals surface area contributed by atoms with Crippen LogP contribution in [0, 0.1) is 0 Å². The van der Waals surface area contributed by atoms with E-state index in [1.807, 2.05) is 18.2 Å². The van der Waals surface area contributed by atoms with Gasteiger partial charge in [0.1, 0.15) is 18.0 Å². The Labute approximate surface area is 191 Å². The fraction of sp³-hybridized carbons (Fsp3) is 0.391. The van der Waals surface area contributed by atoms with Crippen LogP contribution in [-0.4, -0.2) is 48.7 Å². The molecule has 6 nitrogen and oxygen atoms in total. The van der Waals surface area contributed by atoms with Crippen molar-refractivity contribution in [2.75, 3.05) is 39.2 Å². The predicted molar refractivity (Wildman–Crippen MR) is 127 cm³/mol. The number of ether oxygens (including phenoxy) is 2. The summed E-state index contributed by atoms with van der Waals surface area (Å²) in [5, 5.41) is 3.82. The van der Waals surface area contributed by atoms with Crippen molar-refractivity contribution in [1.29, 1.82) is 0 Å². The first-order chi connectivity index (χ1) is 15.0. The highest BCUT2D eigenvalue weighted by Gasteiger charge is 2.14. The summed E-state index contributed by atoms with van der Waals surface area (Å²) in [7, 11) is 3.71. The van der Waals surface area contributed by atoms with E-state index in [4.69, 9.17) is 9.47 Å². The number of anilines is 1. The smallest absolute Gasteiger partial charge is 0.163 e. The summed E-state index contributed by atoms with van der Waals surface area (Å²) < 4.78 is 26.7. The summed E-state index contributed by atoms with van der Waals surface area (Å²) in [6.07, 6.45) is 9.17. The summed E-state index contributed by atoms with van der Waals surface area (Å²) >= 11 is 3.32. The molecule has 3 rings (SSSR count). The van der Waals surface area contributed by atoms with Gasteiger partial charge in [0.25, 0.3) is 0 Å². The molecule has 0 unspecified atom stereocenters. The monoisotopic (exact) mass is 490 g/mol. The van der Waals surface area contributed by atoms with E-state index in [0.717, 1.165) is 31.3 Å². The Balaban J connectivity index is 1.77. The second kappa shape index (κ2) is 11.2. The molecule has 0 aliphatic heterocycles. The number of unbranched alkanes of at least 4 members (excludes halogenated alkanes) is 1. The van der Waals surface area contributed by atoms with E-state index < -0.39 is 0 Å². The van der Waals surface area contributed by atoms with Crippen LogP contribution in [0.4, 0.5) is 10.2 Å². The molecule has 0 spiro atoms. The van der Waals surface area contributed by atoms with Gasteiger partial charge in [0.2, 0.25) is 0 Å². The molecule has 8 heteroatoms. The molecule has 0 saturated heterocycles. The van der Waals surface area contributed by atoms with E-state index in [-0.39, 0.29) is 5.83 Å². The standard InChI is InChI=1S/C23H28BrFN4O2/c1-4-29(2)10-5-6-11-31-22-14-20-17(13-21(22)30-3)23(27-15-26-20)28-19-9-7-8-16(24)12-18(19)25/h8-9,12-15H,4-7,10-11H2,1-3H3,(H,26,27,28). The van der Waals surface area contributed by atoms with E-state index in [2.05, 4.69) is 50.1 Å². The number of nitrogens with zero attached hydrogens (tertiary/aromatic N) is 3. The Hall–Kier alpha value is -2.45. The number of halogens is 2. The SMILES string of the molecule is CCN(C)CCCCOc1cc2ncnc(NC3=CCC=C(Br)C=C3F)c2cc1OC. The average molecular weight is 491 g/mol. The zero-order chi connectivity index (χ0) is 22.2. The lowest BCUT2D eigenvalue weighted by Gasteiger charge is -2.15. The lowest BCUT2D eigenvalue weighted by molar-refractivity contribution is 0.271. The number of aromatic nitrogens is 2. The molecule has 0 bridgehead atoms. The highest BCUT2D eigenvalue weighted by molar-refractivity contribution is 9.11. The number of benzene rings is 1. The third-order valence-electron chi connectivity index (χ3n) is 5.06. The Morgan fingerprint density at radius 1 is 1.19 bits per heavy atom. The first-order valence-corrected chi connectivity index (χ1v) is 11.2. The molecule has 1 aromatic heterocycles. The minimum atomic E-state index is -0.368. The summed E-state index contributed by atoms with van der Waals surface area (Å²) in [6.45, 7) is 4.83. The van der Waals surface area contributed by atoms with Crippen molar-refractivity contribution >= 4 is 32.7 Å². The molecule has 0 radical (unpaired) electrons. The molecule has 1 heterocycles. The molecule has 0 saturated carbocycles. The van der Waals surface area contributed by atoms with Gasteiger partial charge in [0.05, 0.1) is 24.9 Å². The van der Waals surface area contributed by atoms with Crippen molar-refractivity contribution in [2.45, 2.75) is 26.2 Å².